The van der Waals surface area contributed by atoms with Gasteiger partial charge in [0, 0.05) is 4.88 Å². The van der Waals surface area contributed by atoms with Gasteiger partial charge >= 0.3 is 5.97 Å². The van der Waals surface area contributed by atoms with Gasteiger partial charge in [0.2, 0.25) is 0 Å². The van der Waals surface area contributed by atoms with Crippen molar-refractivity contribution >= 4 is 23.2 Å². The summed E-state index contributed by atoms with van der Waals surface area (Å²) in [5.74, 6) is -1.35. The van der Waals surface area contributed by atoms with Crippen molar-refractivity contribution in [1.29, 1.82) is 0 Å². The molecule has 0 saturated carbocycles. The molecule has 0 fully saturated rings. The Bertz CT molecular complexity index is 481. The third kappa shape index (κ3) is 4.07. The van der Waals surface area contributed by atoms with E-state index >= 15 is 0 Å². The third-order valence-electron chi connectivity index (χ3n) is 3.53. The normalized spacial score (nSPS) is 13.8. The van der Waals surface area contributed by atoms with Gasteiger partial charge in [0.25, 0.3) is 5.91 Å². The minimum Gasteiger partial charge on any atom is -0.480 e. The number of aryl methyl sites for hydroxylation is 2. The number of carbonyl (C=O) groups is 2. The van der Waals surface area contributed by atoms with E-state index in [2.05, 4.69) is 12.2 Å². The fourth-order valence-electron chi connectivity index (χ4n) is 2.04. The molecule has 0 aromatic carbocycles. The minimum atomic E-state index is -0.977. The van der Waals surface area contributed by atoms with E-state index in [1.54, 1.807) is 0 Å². The first kappa shape index (κ1) is 16.7. The van der Waals surface area contributed by atoms with Crippen molar-refractivity contribution in [3.8, 4) is 0 Å². The van der Waals surface area contributed by atoms with Crippen LogP contribution in [0.3, 0.4) is 0 Å². The Morgan fingerprint density at radius 1 is 1.40 bits per heavy atom. The van der Waals surface area contributed by atoms with Crippen molar-refractivity contribution in [3.05, 3.63) is 21.4 Å². The SMILES string of the molecule is CCCc1cc(C(=O)N[C@H](C(=O)O)C(C)CC)sc1C. The Morgan fingerprint density at radius 3 is 2.55 bits per heavy atom. The number of hydrogen-bond donors (Lipinski definition) is 2. The lowest BCUT2D eigenvalue weighted by Crippen LogP contribution is -2.44. The lowest BCUT2D eigenvalue weighted by Gasteiger charge is -2.19. The van der Waals surface area contributed by atoms with Crippen LogP contribution in [0.1, 0.15) is 53.7 Å². The summed E-state index contributed by atoms with van der Waals surface area (Å²) in [4.78, 5) is 25.1. The number of rotatable bonds is 7. The molecule has 2 N–H and O–H groups in total. The van der Waals surface area contributed by atoms with Gasteiger partial charge in [0.05, 0.1) is 4.88 Å². The quantitative estimate of drug-likeness (QED) is 0.812. The predicted molar refractivity (Wildman–Crippen MR) is 81.4 cm³/mol. The van der Waals surface area contributed by atoms with E-state index in [0.717, 1.165) is 17.7 Å². The summed E-state index contributed by atoms with van der Waals surface area (Å²) in [6.45, 7) is 7.85. The first-order valence-corrected chi connectivity index (χ1v) is 7.85. The Morgan fingerprint density at radius 2 is 2.05 bits per heavy atom. The van der Waals surface area contributed by atoms with E-state index in [0.29, 0.717) is 11.3 Å². The summed E-state index contributed by atoms with van der Waals surface area (Å²) in [6.07, 6.45) is 2.69. The highest BCUT2D eigenvalue weighted by atomic mass is 32.1. The van der Waals surface area contributed by atoms with Gasteiger partial charge in [0.1, 0.15) is 6.04 Å². The van der Waals surface area contributed by atoms with Crippen LogP contribution in [-0.2, 0) is 11.2 Å². The largest absolute Gasteiger partial charge is 0.480 e. The smallest absolute Gasteiger partial charge is 0.326 e. The number of aliphatic carboxylic acids is 1. The first-order chi connectivity index (χ1) is 9.40. The van der Waals surface area contributed by atoms with Crippen LogP contribution < -0.4 is 5.32 Å². The molecule has 1 amide bonds. The number of carboxylic acid groups (broad SMARTS) is 1. The van der Waals surface area contributed by atoms with Crippen molar-refractivity contribution in [2.75, 3.05) is 0 Å². The second kappa shape index (κ2) is 7.43. The van der Waals surface area contributed by atoms with Gasteiger partial charge < -0.3 is 10.4 Å². The molecule has 1 unspecified atom stereocenters. The van der Waals surface area contributed by atoms with Crippen molar-refractivity contribution in [2.45, 2.75) is 53.0 Å². The highest BCUT2D eigenvalue weighted by Gasteiger charge is 2.26. The summed E-state index contributed by atoms with van der Waals surface area (Å²) < 4.78 is 0. The molecule has 20 heavy (non-hydrogen) atoms. The molecule has 1 rings (SSSR count). The van der Waals surface area contributed by atoms with Gasteiger partial charge in [-0.15, -0.1) is 11.3 Å². The van der Waals surface area contributed by atoms with Gasteiger partial charge in [-0.05, 0) is 30.9 Å². The first-order valence-electron chi connectivity index (χ1n) is 7.03. The summed E-state index contributed by atoms with van der Waals surface area (Å²) in [6, 6.07) is 1.05. The standard InChI is InChI=1S/C15H23NO3S/c1-5-7-11-8-12(20-10(11)4)14(17)16-13(15(18)19)9(3)6-2/h8-9,13H,5-7H2,1-4H3,(H,16,17)(H,18,19)/t9?,13-/m0/s1. The van der Waals surface area contributed by atoms with Crippen LogP contribution in [0.5, 0.6) is 0 Å². The average Bonchev–Trinajstić information content (AvgIpc) is 2.76. The van der Waals surface area contributed by atoms with Crippen LogP contribution in [0.2, 0.25) is 0 Å². The Hall–Kier alpha value is -1.36. The summed E-state index contributed by atoms with van der Waals surface area (Å²) in [5, 5.41) is 11.8. The van der Waals surface area contributed by atoms with Crippen LogP contribution in [0.4, 0.5) is 0 Å². The van der Waals surface area contributed by atoms with E-state index in [1.165, 1.54) is 16.9 Å². The fraction of sp³-hybridized carbons (Fsp3) is 0.600. The zero-order chi connectivity index (χ0) is 15.3. The molecule has 0 spiro atoms. The molecule has 0 saturated heterocycles. The second-order valence-electron chi connectivity index (χ2n) is 5.12. The molecule has 5 heteroatoms. The second-order valence-corrected chi connectivity index (χ2v) is 6.37. The lowest BCUT2D eigenvalue weighted by molar-refractivity contribution is -0.140. The van der Waals surface area contributed by atoms with Gasteiger partial charge in [0.15, 0.2) is 0 Å². The van der Waals surface area contributed by atoms with Crippen LogP contribution in [0.15, 0.2) is 6.07 Å². The van der Waals surface area contributed by atoms with Crippen LogP contribution in [0.25, 0.3) is 0 Å². The Balaban J connectivity index is 2.84. The summed E-state index contributed by atoms with van der Waals surface area (Å²) in [5.41, 5.74) is 1.18. The highest BCUT2D eigenvalue weighted by Crippen LogP contribution is 2.23. The molecular formula is C15H23NO3S. The lowest BCUT2D eigenvalue weighted by atomic mass is 9.99. The average molecular weight is 297 g/mol. The molecule has 0 aliphatic carbocycles. The molecule has 0 bridgehead atoms. The van der Waals surface area contributed by atoms with Crippen molar-refractivity contribution in [3.63, 3.8) is 0 Å². The molecule has 0 aliphatic heterocycles. The summed E-state index contributed by atoms with van der Waals surface area (Å²) >= 11 is 1.43. The molecule has 2 atom stereocenters. The number of thiophene rings is 1. The number of nitrogens with one attached hydrogen (secondary N) is 1. The van der Waals surface area contributed by atoms with E-state index in [4.69, 9.17) is 0 Å². The van der Waals surface area contributed by atoms with Crippen LogP contribution in [-0.4, -0.2) is 23.0 Å². The molecule has 0 aliphatic rings. The molecule has 112 valence electrons. The number of amides is 1. The van der Waals surface area contributed by atoms with Crippen molar-refractivity contribution in [1.82, 2.24) is 5.32 Å². The molecule has 1 aromatic rings. The minimum absolute atomic E-state index is 0.0902. The Kier molecular flexibility index (Phi) is 6.20. The maximum atomic E-state index is 12.2. The van der Waals surface area contributed by atoms with Crippen molar-refractivity contribution in [2.24, 2.45) is 5.92 Å². The molecular weight excluding hydrogens is 274 g/mol. The zero-order valence-electron chi connectivity index (χ0n) is 12.5. The number of carboxylic acids is 1. The molecule has 0 radical (unpaired) electrons. The van der Waals surface area contributed by atoms with Gasteiger partial charge in [-0.3, -0.25) is 4.79 Å². The maximum Gasteiger partial charge on any atom is 0.326 e. The van der Waals surface area contributed by atoms with Crippen LogP contribution >= 0.6 is 11.3 Å². The van der Waals surface area contributed by atoms with Gasteiger partial charge in [-0.2, -0.15) is 0 Å². The molecule has 1 aromatic heterocycles. The molecule has 1 heterocycles. The van der Waals surface area contributed by atoms with E-state index in [1.807, 2.05) is 26.8 Å². The summed E-state index contributed by atoms with van der Waals surface area (Å²) in [7, 11) is 0. The molecule has 4 nitrogen and oxygen atoms in total. The van der Waals surface area contributed by atoms with Gasteiger partial charge in [-0.25, -0.2) is 4.79 Å². The van der Waals surface area contributed by atoms with E-state index in [-0.39, 0.29) is 11.8 Å². The number of carbonyl (C=O) groups excluding carboxylic acids is 1. The van der Waals surface area contributed by atoms with Crippen LogP contribution in [0, 0.1) is 12.8 Å². The highest BCUT2D eigenvalue weighted by molar-refractivity contribution is 7.14. The fourth-order valence-corrected chi connectivity index (χ4v) is 3.02. The topological polar surface area (TPSA) is 66.4 Å². The van der Waals surface area contributed by atoms with Crippen molar-refractivity contribution < 1.29 is 14.7 Å². The number of hydrogen-bond acceptors (Lipinski definition) is 3. The third-order valence-corrected chi connectivity index (χ3v) is 4.62. The maximum absolute atomic E-state index is 12.2. The van der Waals surface area contributed by atoms with E-state index < -0.39 is 12.0 Å². The Labute approximate surface area is 124 Å². The van der Waals surface area contributed by atoms with Gasteiger partial charge in [-0.1, -0.05) is 33.6 Å². The predicted octanol–water partition coefficient (Wildman–Crippen LogP) is 3.24. The van der Waals surface area contributed by atoms with E-state index in [9.17, 15) is 14.7 Å². The monoisotopic (exact) mass is 297 g/mol. The zero-order valence-corrected chi connectivity index (χ0v) is 13.3.